The van der Waals surface area contributed by atoms with Gasteiger partial charge in [-0.3, -0.25) is 9.59 Å². The Labute approximate surface area is 189 Å². The zero-order chi connectivity index (χ0) is 22.7. The fourth-order valence-corrected chi connectivity index (χ4v) is 3.64. The van der Waals surface area contributed by atoms with Crippen molar-refractivity contribution in [2.75, 3.05) is 7.11 Å². The molecule has 162 valence electrons. The van der Waals surface area contributed by atoms with Crippen molar-refractivity contribution in [1.82, 2.24) is 10.7 Å². The third-order valence-electron chi connectivity index (χ3n) is 5.15. The van der Waals surface area contributed by atoms with E-state index in [9.17, 15) is 14.0 Å². The van der Waals surface area contributed by atoms with Gasteiger partial charge in [-0.15, -0.1) is 10.1 Å². The minimum Gasteiger partial charge on any atom is -0.497 e. The first-order valence-electron chi connectivity index (χ1n) is 9.84. The number of amides is 2. The molecule has 0 radical (unpaired) electrons. The molecule has 1 fully saturated rings. The van der Waals surface area contributed by atoms with Crippen molar-refractivity contribution in [2.45, 2.75) is 12.1 Å². The molecular weight excluding hydrogens is 433 g/mol. The third kappa shape index (κ3) is 4.63. The smallest absolute Gasteiger partial charge is 0.304 e. The summed E-state index contributed by atoms with van der Waals surface area (Å²) in [5, 5.41) is 3.33. The molecule has 0 aromatic heterocycles. The van der Waals surface area contributed by atoms with Crippen molar-refractivity contribution in [3.05, 3.63) is 100 Å². The van der Waals surface area contributed by atoms with E-state index in [-0.39, 0.29) is 11.7 Å². The van der Waals surface area contributed by atoms with Crippen LogP contribution in [0.5, 0.6) is 5.75 Å². The van der Waals surface area contributed by atoms with Crippen molar-refractivity contribution in [3.63, 3.8) is 0 Å². The zero-order valence-corrected chi connectivity index (χ0v) is 17.8. The van der Waals surface area contributed by atoms with Crippen LogP contribution in [0.3, 0.4) is 0 Å². The van der Waals surface area contributed by atoms with E-state index in [1.54, 1.807) is 66.5 Å². The molecule has 0 spiro atoms. The molecule has 1 saturated heterocycles. The quantitative estimate of drug-likeness (QED) is 0.582. The van der Waals surface area contributed by atoms with Gasteiger partial charge in [-0.2, -0.15) is 0 Å². The standard InChI is InChI=1S/C24H19ClFN3O3/c1-32-20-12-6-16(7-13-20)22-21(27-23(30)17-4-8-18(25)9-5-17)24(31)28-29(22)14-15-2-10-19(26)11-3-15/h2-14,21-22H,1H3,(H-,27,28,30,31)/p+1/b29-14-/t21-,22+/m1/s1. The van der Waals surface area contributed by atoms with Gasteiger partial charge in [-0.25, -0.2) is 4.39 Å². The van der Waals surface area contributed by atoms with E-state index in [1.807, 2.05) is 12.1 Å². The second-order valence-corrected chi connectivity index (χ2v) is 7.68. The first kappa shape index (κ1) is 21.5. The van der Waals surface area contributed by atoms with Gasteiger partial charge in [0, 0.05) is 21.7 Å². The van der Waals surface area contributed by atoms with Crippen LogP contribution in [-0.4, -0.2) is 35.9 Å². The highest BCUT2D eigenvalue weighted by atomic mass is 35.5. The first-order chi connectivity index (χ1) is 15.4. The Kier molecular flexibility index (Phi) is 6.18. The zero-order valence-electron chi connectivity index (χ0n) is 17.1. The molecule has 4 rings (SSSR count). The minimum atomic E-state index is -0.872. The second-order valence-electron chi connectivity index (χ2n) is 7.24. The van der Waals surface area contributed by atoms with Gasteiger partial charge in [0.25, 0.3) is 5.91 Å². The highest BCUT2D eigenvalue weighted by Gasteiger charge is 2.47. The van der Waals surface area contributed by atoms with Crippen LogP contribution in [0.25, 0.3) is 0 Å². The number of methoxy groups -OCH3 is 1. The van der Waals surface area contributed by atoms with Crippen molar-refractivity contribution in [1.29, 1.82) is 0 Å². The number of nitrogens with zero attached hydrogens (tertiary/aromatic N) is 1. The van der Waals surface area contributed by atoms with Gasteiger partial charge < -0.3 is 10.1 Å². The Morgan fingerprint density at radius 3 is 2.34 bits per heavy atom. The normalized spacial score (nSPS) is 19.0. The summed E-state index contributed by atoms with van der Waals surface area (Å²) in [5.74, 6) is -0.454. The topological polar surface area (TPSA) is 70.4 Å². The van der Waals surface area contributed by atoms with Crippen LogP contribution in [0.4, 0.5) is 4.39 Å². The number of nitrogens with one attached hydrogen (secondary N) is 2. The third-order valence-corrected chi connectivity index (χ3v) is 5.40. The average Bonchev–Trinajstić information content (AvgIpc) is 3.10. The van der Waals surface area contributed by atoms with E-state index in [1.165, 1.54) is 12.1 Å². The molecule has 3 aromatic rings. The monoisotopic (exact) mass is 452 g/mol. The molecule has 32 heavy (non-hydrogen) atoms. The number of hydrazone groups is 1. The van der Waals surface area contributed by atoms with Crippen LogP contribution < -0.4 is 15.5 Å². The Morgan fingerprint density at radius 1 is 1.06 bits per heavy atom. The predicted molar refractivity (Wildman–Crippen MR) is 118 cm³/mol. The molecule has 0 unspecified atom stereocenters. The molecule has 1 aliphatic heterocycles. The lowest BCUT2D eigenvalue weighted by Crippen LogP contribution is -2.42. The van der Waals surface area contributed by atoms with Crippen molar-refractivity contribution >= 4 is 29.6 Å². The average molecular weight is 453 g/mol. The number of carbonyl (C=O) groups is 2. The minimum absolute atomic E-state index is 0.354. The molecule has 1 heterocycles. The fraction of sp³-hybridized carbons (Fsp3) is 0.125. The molecule has 2 atom stereocenters. The summed E-state index contributed by atoms with van der Waals surface area (Å²) >= 11 is 5.90. The number of halogens is 2. The maximum absolute atomic E-state index is 13.3. The van der Waals surface area contributed by atoms with E-state index in [0.717, 1.165) is 5.56 Å². The molecular formula is C24H20ClFN3O3+. The fourth-order valence-electron chi connectivity index (χ4n) is 3.52. The number of hydrazine groups is 1. The van der Waals surface area contributed by atoms with Gasteiger partial charge in [-0.1, -0.05) is 11.6 Å². The Balaban J connectivity index is 1.69. The van der Waals surface area contributed by atoms with Crippen LogP contribution >= 0.6 is 11.6 Å². The summed E-state index contributed by atoms with van der Waals surface area (Å²) in [6, 6.07) is 18.1. The summed E-state index contributed by atoms with van der Waals surface area (Å²) in [7, 11) is 1.57. The van der Waals surface area contributed by atoms with Crippen LogP contribution in [0.15, 0.2) is 72.8 Å². The second kappa shape index (κ2) is 9.20. The van der Waals surface area contributed by atoms with Gasteiger partial charge in [0.15, 0.2) is 6.04 Å². The lowest BCUT2D eigenvalue weighted by molar-refractivity contribution is -0.596. The van der Waals surface area contributed by atoms with E-state index in [0.29, 0.717) is 21.9 Å². The summed E-state index contributed by atoms with van der Waals surface area (Å²) in [4.78, 5) is 25.7. The van der Waals surface area contributed by atoms with Crippen LogP contribution in [0, 0.1) is 5.82 Å². The summed E-state index contributed by atoms with van der Waals surface area (Å²) in [5.41, 5.74) is 4.65. The molecule has 1 aliphatic rings. The molecule has 2 amide bonds. The molecule has 0 aliphatic carbocycles. The summed E-state index contributed by atoms with van der Waals surface area (Å²) < 4.78 is 20.1. The highest BCUT2D eigenvalue weighted by molar-refractivity contribution is 6.30. The molecule has 6 nitrogen and oxygen atoms in total. The number of benzene rings is 3. The Bertz CT molecular complexity index is 1160. The highest BCUT2D eigenvalue weighted by Crippen LogP contribution is 2.27. The van der Waals surface area contributed by atoms with Crippen LogP contribution in [0.2, 0.25) is 5.02 Å². The molecule has 3 aromatic carbocycles. The molecule has 8 heteroatoms. The SMILES string of the molecule is COc1ccc([C@H]2[C@@H](NC(=O)c3ccc(Cl)cc3)C(=O)N/[N+]2=C\c2ccc(F)cc2)cc1. The van der Waals surface area contributed by atoms with Crippen LogP contribution in [0.1, 0.15) is 27.5 Å². The van der Waals surface area contributed by atoms with Gasteiger partial charge in [0.05, 0.1) is 7.11 Å². The number of ether oxygens (including phenoxy) is 1. The molecule has 2 N–H and O–H groups in total. The summed E-state index contributed by atoms with van der Waals surface area (Å²) in [6.45, 7) is 0. The number of carbonyl (C=O) groups excluding carboxylic acids is 2. The summed E-state index contributed by atoms with van der Waals surface area (Å²) in [6.07, 6.45) is 1.70. The Hall–Kier alpha value is -3.71. The first-order valence-corrected chi connectivity index (χ1v) is 10.2. The van der Waals surface area contributed by atoms with Crippen molar-refractivity contribution < 1.29 is 23.4 Å². The van der Waals surface area contributed by atoms with Crippen molar-refractivity contribution in [3.8, 4) is 5.75 Å². The molecule has 0 bridgehead atoms. The number of rotatable bonds is 5. The lowest BCUT2D eigenvalue weighted by Gasteiger charge is -2.15. The van der Waals surface area contributed by atoms with E-state index >= 15 is 0 Å². The Morgan fingerprint density at radius 2 is 1.72 bits per heavy atom. The number of hydrogen-bond acceptors (Lipinski definition) is 3. The van der Waals surface area contributed by atoms with Crippen molar-refractivity contribution in [2.24, 2.45) is 0 Å². The van der Waals surface area contributed by atoms with E-state index in [2.05, 4.69) is 10.7 Å². The lowest BCUT2D eigenvalue weighted by atomic mass is 9.99. The maximum Gasteiger partial charge on any atom is 0.304 e. The van der Waals surface area contributed by atoms with Gasteiger partial charge in [0.1, 0.15) is 11.6 Å². The van der Waals surface area contributed by atoms with Gasteiger partial charge in [-0.05, 0) is 72.8 Å². The maximum atomic E-state index is 13.3. The van der Waals surface area contributed by atoms with Gasteiger partial charge >= 0.3 is 5.91 Å². The molecule has 0 saturated carbocycles. The van der Waals surface area contributed by atoms with E-state index in [4.69, 9.17) is 16.3 Å². The van der Waals surface area contributed by atoms with Gasteiger partial charge in [0.2, 0.25) is 12.3 Å². The largest absolute Gasteiger partial charge is 0.497 e. The van der Waals surface area contributed by atoms with E-state index < -0.39 is 18.0 Å². The number of hydrogen-bond donors (Lipinski definition) is 2. The van der Waals surface area contributed by atoms with Crippen LogP contribution in [-0.2, 0) is 4.79 Å². The predicted octanol–water partition coefficient (Wildman–Crippen LogP) is 3.50.